The molecule has 0 saturated carbocycles. The first-order valence-electron chi connectivity index (χ1n) is 9.95. The summed E-state index contributed by atoms with van der Waals surface area (Å²) in [6.07, 6.45) is -5.95. The van der Waals surface area contributed by atoms with E-state index >= 15 is 0 Å². The highest BCUT2D eigenvalue weighted by molar-refractivity contribution is 7.89. The monoisotopic (exact) mass is 467 g/mol. The van der Waals surface area contributed by atoms with E-state index in [0.29, 0.717) is 32.0 Å². The number of ether oxygens (including phenoxy) is 2. The number of anilines is 2. The summed E-state index contributed by atoms with van der Waals surface area (Å²) in [7, 11) is -3.80. The van der Waals surface area contributed by atoms with Crippen molar-refractivity contribution in [2.75, 3.05) is 56.2 Å². The minimum absolute atomic E-state index is 0.0210. The Balaban J connectivity index is 2.35. The summed E-state index contributed by atoms with van der Waals surface area (Å²) in [4.78, 5) is 14.4. The maximum absolute atomic E-state index is 12.9. The van der Waals surface area contributed by atoms with Crippen LogP contribution < -0.4 is 10.2 Å². The Morgan fingerprint density at radius 3 is 2.42 bits per heavy atom. The minimum Gasteiger partial charge on any atom is -0.378 e. The van der Waals surface area contributed by atoms with E-state index in [2.05, 4.69) is 10.1 Å². The molecule has 2 rings (SSSR count). The van der Waals surface area contributed by atoms with Gasteiger partial charge in [-0.3, -0.25) is 4.79 Å². The normalized spacial score (nSPS) is 16.4. The molecule has 12 heteroatoms. The Hall–Kier alpha value is -1.89. The molecule has 31 heavy (non-hydrogen) atoms. The molecule has 1 saturated heterocycles. The molecule has 1 amide bonds. The van der Waals surface area contributed by atoms with Crippen LogP contribution in [0.15, 0.2) is 23.1 Å². The molecule has 0 radical (unpaired) electrons. The molecule has 0 aromatic heterocycles. The van der Waals surface area contributed by atoms with Gasteiger partial charge in [0.05, 0.1) is 29.5 Å². The summed E-state index contributed by atoms with van der Waals surface area (Å²) in [6, 6.07) is 4.36. The van der Waals surface area contributed by atoms with Gasteiger partial charge in [0.1, 0.15) is 12.7 Å². The SMILES string of the molecule is CCN(CC)S(=O)(=O)c1ccc(N2CCOCC2)c(NC(=O)C(C)OCC(F)(F)F)c1. The number of morpholine rings is 1. The Kier molecular flexibility index (Phi) is 8.69. The molecule has 0 bridgehead atoms. The Bertz CT molecular complexity index is 854. The first kappa shape index (κ1) is 25.4. The molecule has 8 nitrogen and oxygen atoms in total. The van der Waals surface area contributed by atoms with Gasteiger partial charge in [-0.2, -0.15) is 17.5 Å². The number of sulfonamides is 1. The minimum atomic E-state index is -4.56. The largest absolute Gasteiger partial charge is 0.411 e. The molecule has 1 N–H and O–H groups in total. The summed E-state index contributed by atoms with van der Waals surface area (Å²) in [5.74, 6) is -0.809. The van der Waals surface area contributed by atoms with E-state index in [4.69, 9.17) is 4.74 Å². The van der Waals surface area contributed by atoms with Crippen molar-refractivity contribution in [2.24, 2.45) is 0 Å². The lowest BCUT2D eigenvalue weighted by Crippen LogP contribution is -2.37. The fourth-order valence-electron chi connectivity index (χ4n) is 3.10. The van der Waals surface area contributed by atoms with Crippen molar-refractivity contribution in [3.05, 3.63) is 18.2 Å². The van der Waals surface area contributed by atoms with Gasteiger partial charge in [0.15, 0.2) is 0 Å². The third-order valence-electron chi connectivity index (χ3n) is 4.79. The van der Waals surface area contributed by atoms with E-state index in [0.717, 1.165) is 0 Å². The first-order valence-corrected chi connectivity index (χ1v) is 11.4. The van der Waals surface area contributed by atoms with Crippen molar-refractivity contribution in [2.45, 2.75) is 37.9 Å². The van der Waals surface area contributed by atoms with Crippen LogP contribution in [0.25, 0.3) is 0 Å². The molecule has 1 aromatic rings. The van der Waals surface area contributed by atoms with E-state index < -0.39 is 34.8 Å². The zero-order valence-electron chi connectivity index (χ0n) is 17.7. The molecular weight excluding hydrogens is 439 g/mol. The van der Waals surface area contributed by atoms with E-state index in [-0.39, 0.29) is 23.7 Å². The van der Waals surface area contributed by atoms with Crippen LogP contribution in [0.2, 0.25) is 0 Å². The summed E-state index contributed by atoms with van der Waals surface area (Å²) < 4.78 is 74.2. The maximum atomic E-state index is 12.9. The van der Waals surface area contributed by atoms with Crippen molar-refractivity contribution >= 4 is 27.3 Å². The second kappa shape index (κ2) is 10.6. The average Bonchev–Trinajstić information content (AvgIpc) is 2.72. The third kappa shape index (κ3) is 6.79. The number of carbonyl (C=O) groups is 1. The van der Waals surface area contributed by atoms with Gasteiger partial charge in [0, 0.05) is 26.2 Å². The van der Waals surface area contributed by atoms with Crippen LogP contribution in [-0.4, -0.2) is 76.9 Å². The number of rotatable bonds is 9. The number of amides is 1. The van der Waals surface area contributed by atoms with Gasteiger partial charge in [-0.25, -0.2) is 8.42 Å². The third-order valence-corrected chi connectivity index (χ3v) is 6.83. The highest BCUT2D eigenvalue weighted by atomic mass is 32.2. The fourth-order valence-corrected chi connectivity index (χ4v) is 4.58. The molecule has 1 aliphatic rings. The van der Waals surface area contributed by atoms with Crippen LogP contribution in [0.3, 0.4) is 0 Å². The van der Waals surface area contributed by atoms with Crippen LogP contribution in [0, 0.1) is 0 Å². The van der Waals surface area contributed by atoms with E-state index in [1.165, 1.54) is 23.4 Å². The highest BCUT2D eigenvalue weighted by Crippen LogP contribution is 2.31. The van der Waals surface area contributed by atoms with Crippen molar-refractivity contribution < 1.29 is 35.9 Å². The summed E-state index contributed by atoms with van der Waals surface area (Å²) in [5.41, 5.74) is 0.737. The van der Waals surface area contributed by atoms with Crippen molar-refractivity contribution in [1.29, 1.82) is 0 Å². The summed E-state index contributed by atoms with van der Waals surface area (Å²) >= 11 is 0. The van der Waals surface area contributed by atoms with Gasteiger partial charge in [0.25, 0.3) is 5.91 Å². The first-order chi connectivity index (χ1) is 14.5. The van der Waals surface area contributed by atoms with Crippen molar-refractivity contribution in [3.63, 3.8) is 0 Å². The summed E-state index contributed by atoms with van der Waals surface area (Å²) in [5, 5.41) is 2.53. The lowest BCUT2D eigenvalue weighted by atomic mass is 10.2. The molecule has 0 aliphatic carbocycles. The van der Waals surface area contributed by atoms with Gasteiger partial charge in [0.2, 0.25) is 10.0 Å². The number of hydrogen-bond donors (Lipinski definition) is 1. The molecule has 1 aliphatic heterocycles. The number of benzene rings is 1. The smallest absolute Gasteiger partial charge is 0.378 e. The number of halogens is 3. The zero-order chi connectivity index (χ0) is 23.2. The molecule has 1 unspecified atom stereocenters. The molecule has 176 valence electrons. The number of nitrogens with one attached hydrogen (secondary N) is 1. The quantitative estimate of drug-likeness (QED) is 0.600. The summed E-state index contributed by atoms with van der Waals surface area (Å²) in [6.45, 7) is 5.56. The van der Waals surface area contributed by atoms with Crippen molar-refractivity contribution in [1.82, 2.24) is 4.31 Å². The molecular formula is C19H28F3N3O5S. The topological polar surface area (TPSA) is 88.2 Å². The number of nitrogens with zero attached hydrogens (tertiary/aromatic N) is 2. The molecule has 1 heterocycles. The van der Waals surface area contributed by atoms with Gasteiger partial charge >= 0.3 is 6.18 Å². The maximum Gasteiger partial charge on any atom is 0.411 e. The fraction of sp³-hybridized carbons (Fsp3) is 0.632. The van der Waals surface area contributed by atoms with Crippen LogP contribution in [0.5, 0.6) is 0 Å². The van der Waals surface area contributed by atoms with Crippen LogP contribution in [0.1, 0.15) is 20.8 Å². The molecule has 0 spiro atoms. The Morgan fingerprint density at radius 2 is 1.87 bits per heavy atom. The number of carbonyl (C=O) groups excluding carboxylic acids is 1. The Labute approximate surface area is 180 Å². The molecule has 1 atom stereocenters. The standard InChI is InChI=1S/C19H28F3N3O5S/c1-4-25(5-2)31(27,28)15-6-7-17(24-8-10-29-11-9-24)16(12-15)23-18(26)14(3)30-13-19(20,21)22/h6-7,12,14H,4-5,8-11,13H2,1-3H3,(H,23,26). The van der Waals surface area contributed by atoms with Crippen LogP contribution in [0.4, 0.5) is 24.5 Å². The van der Waals surface area contributed by atoms with Crippen molar-refractivity contribution in [3.8, 4) is 0 Å². The lowest BCUT2D eigenvalue weighted by molar-refractivity contribution is -0.184. The lowest BCUT2D eigenvalue weighted by Gasteiger charge is -2.31. The predicted octanol–water partition coefficient (Wildman–Crippen LogP) is 2.46. The molecule has 1 fully saturated rings. The predicted molar refractivity (Wildman–Crippen MR) is 110 cm³/mol. The Morgan fingerprint density at radius 1 is 1.26 bits per heavy atom. The van der Waals surface area contributed by atoms with E-state index in [1.807, 2.05) is 4.90 Å². The second-order valence-corrected chi connectivity index (χ2v) is 8.86. The number of hydrogen-bond acceptors (Lipinski definition) is 6. The highest BCUT2D eigenvalue weighted by Gasteiger charge is 2.30. The number of alkyl halides is 3. The van der Waals surface area contributed by atoms with E-state index in [1.54, 1.807) is 19.9 Å². The van der Waals surface area contributed by atoms with Crippen LogP contribution in [-0.2, 0) is 24.3 Å². The van der Waals surface area contributed by atoms with Gasteiger partial charge in [-0.1, -0.05) is 13.8 Å². The average molecular weight is 468 g/mol. The van der Waals surface area contributed by atoms with Gasteiger partial charge in [-0.05, 0) is 25.1 Å². The van der Waals surface area contributed by atoms with Gasteiger partial charge < -0.3 is 19.7 Å². The second-order valence-electron chi connectivity index (χ2n) is 6.93. The van der Waals surface area contributed by atoms with E-state index in [9.17, 15) is 26.4 Å². The van der Waals surface area contributed by atoms with Crippen LogP contribution >= 0.6 is 0 Å². The molecule has 1 aromatic carbocycles. The van der Waals surface area contributed by atoms with Gasteiger partial charge in [-0.15, -0.1) is 0 Å². The zero-order valence-corrected chi connectivity index (χ0v) is 18.6.